The largest absolute Gasteiger partial charge is 0.489 e. The molecule has 1 aliphatic rings. The standard InChI is InChI=1S/C13H22N4O2/c1-3-6-14-10-5-4-7-17(8-10)12-11(19-2)13(18)16-9-15-12/h9-10,14H,3-8H2,1-2H3,(H,15,16,18). The van der Waals surface area contributed by atoms with E-state index in [1.54, 1.807) is 0 Å². The van der Waals surface area contributed by atoms with Crippen LogP contribution < -0.4 is 20.5 Å². The molecule has 106 valence electrons. The molecular weight excluding hydrogens is 244 g/mol. The summed E-state index contributed by atoms with van der Waals surface area (Å²) >= 11 is 0. The van der Waals surface area contributed by atoms with Gasteiger partial charge in [0.1, 0.15) is 0 Å². The van der Waals surface area contributed by atoms with Gasteiger partial charge in [0, 0.05) is 19.1 Å². The molecule has 0 spiro atoms. The van der Waals surface area contributed by atoms with Gasteiger partial charge in [-0.2, -0.15) is 0 Å². The first kappa shape index (κ1) is 13.9. The van der Waals surface area contributed by atoms with Crippen molar-refractivity contribution >= 4 is 5.82 Å². The molecule has 1 aromatic rings. The molecule has 2 rings (SSSR count). The molecule has 2 heterocycles. The van der Waals surface area contributed by atoms with Gasteiger partial charge in [0.05, 0.1) is 13.4 Å². The zero-order chi connectivity index (χ0) is 13.7. The lowest BCUT2D eigenvalue weighted by molar-refractivity contribution is 0.392. The minimum Gasteiger partial charge on any atom is -0.489 e. The van der Waals surface area contributed by atoms with Crippen molar-refractivity contribution in [2.75, 3.05) is 31.6 Å². The number of hydrogen-bond donors (Lipinski definition) is 2. The smallest absolute Gasteiger partial charge is 0.295 e. The highest BCUT2D eigenvalue weighted by Gasteiger charge is 2.23. The van der Waals surface area contributed by atoms with Gasteiger partial charge in [0.15, 0.2) is 5.82 Å². The Balaban J connectivity index is 2.13. The topological polar surface area (TPSA) is 70.2 Å². The van der Waals surface area contributed by atoms with Crippen LogP contribution in [0.2, 0.25) is 0 Å². The van der Waals surface area contributed by atoms with E-state index in [1.807, 2.05) is 0 Å². The fourth-order valence-electron chi connectivity index (χ4n) is 2.47. The van der Waals surface area contributed by atoms with Gasteiger partial charge in [0.2, 0.25) is 5.75 Å². The fraction of sp³-hybridized carbons (Fsp3) is 0.692. The molecule has 0 amide bonds. The summed E-state index contributed by atoms with van der Waals surface area (Å²) in [5, 5.41) is 3.53. The Morgan fingerprint density at radius 2 is 2.47 bits per heavy atom. The maximum absolute atomic E-state index is 11.7. The van der Waals surface area contributed by atoms with Crippen molar-refractivity contribution < 1.29 is 4.74 Å². The van der Waals surface area contributed by atoms with Gasteiger partial charge < -0.3 is 19.9 Å². The molecule has 0 saturated carbocycles. The van der Waals surface area contributed by atoms with Gasteiger partial charge in [0.25, 0.3) is 5.56 Å². The normalized spacial score (nSPS) is 19.5. The first-order valence-corrected chi connectivity index (χ1v) is 6.86. The second kappa shape index (κ2) is 6.56. The van der Waals surface area contributed by atoms with E-state index in [9.17, 15) is 4.79 Å². The molecular formula is C13H22N4O2. The number of aromatic nitrogens is 2. The molecule has 19 heavy (non-hydrogen) atoms. The summed E-state index contributed by atoms with van der Waals surface area (Å²) in [5.41, 5.74) is -0.226. The zero-order valence-electron chi connectivity index (χ0n) is 11.6. The van der Waals surface area contributed by atoms with Crippen LogP contribution in [0.5, 0.6) is 5.75 Å². The molecule has 6 nitrogen and oxygen atoms in total. The number of nitrogens with zero attached hydrogens (tertiary/aromatic N) is 2. The second-order valence-corrected chi connectivity index (χ2v) is 4.83. The number of anilines is 1. The van der Waals surface area contributed by atoms with E-state index in [4.69, 9.17) is 4.74 Å². The van der Waals surface area contributed by atoms with Crippen molar-refractivity contribution in [3.8, 4) is 5.75 Å². The van der Waals surface area contributed by atoms with Gasteiger partial charge in [-0.05, 0) is 25.8 Å². The van der Waals surface area contributed by atoms with Gasteiger partial charge >= 0.3 is 0 Å². The Hall–Kier alpha value is -1.56. The highest BCUT2D eigenvalue weighted by Crippen LogP contribution is 2.24. The number of H-pyrrole nitrogens is 1. The Bertz CT molecular complexity index is 460. The van der Waals surface area contributed by atoms with Crippen LogP contribution in [0.4, 0.5) is 5.82 Å². The van der Waals surface area contributed by atoms with E-state index < -0.39 is 0 Å². The molecule has 1 saturated heterocycles. The summed E-state index contributed by atoms with van der Waals surface area (Å²) in [6.45, 7) is 4.97. The van der Waals surface area contributed by atoms with E-state index >= 15 is 0 Å². The Labute approximate surface area is 113 Å². The lowest BCUT2D eigenvalue weighted by atomic mass is 10.1. The molecule has 0 aromatic carbocycles. The lowest BCUT2D eigenvalue weighted by Crippen LogP contribution is -2.46. The zero-order valence-corrected chi connectivity index (χ0v) is 11.6. The quantitative estimate of drug-likeness (QED) is 0.823. The second-order valence-electron chi connectivity index (χ2n) is 4.83. The maximum atomic E-state index is 11.7. The summed E-state index contributed by atoms with van der Waals surface area (Å²) in [6, 6.07) is 0.458. The average molecular weight is 266 g/mol. The number of aromatic amines is 1. The molecule has 1 aromatic heterocycles. The van der Waals surface area contributed by atoms with E-state index in [1.165, 1.54) is 19.9 Å². The van der Waals surface area contributed by atoms with Crippen LogP contribution in [0.1, 0.15) is 26.2 Å². The van der Waals surface area contributed by atoms with Crippen molar-refractivity contribution in [1.29, 1.82) is 0 Å². The summed E-state index contributed by atoms with van der Waals surface area (Å²) in [4.78, 5) is 20.6. The minimum absolute atomic E-state index is 0.226. The van der Waals surface area contributed by atoms with Crippen LogP contribution in [-0.2, 0) is 0 Å². The van der Waals surface area contributed by atoms with Crippen LogP contribution in [0, 0.1) is 0 Å². The van der Waals surface area contributed by atoms with E-state index in [2.05, 4.69) is 27.1 Å². The first-order valence-electron chi connectivity index (χ1n) is 6.86. The van der Waals surface area contributed by atoms with Gasteiger partial charge in [-0.3, -0.25) is 4.79 Å². The monoisotopic (exact) mass is 266 g/mol. The number of hydrogen-bond acceptors (Lipinski definition) is 5. The molecule has 2 N–H and O–H groups in total. The van der Waals surface area contributed by atoms with Crippen LogP contribution in [-0.4, -0.2) is 42.8 Å². The molecule has 1 unspecified atom stereocenters. The highest BCUT2D eigenvalue weighted by molar-refractivity contribution is 5.51. The number of methoxy groups -OCH3 is 1. The van der Waals surface area contributed by atoms with Crippen LogP contribution in [0.25, 0.3) is 0 Å². The Morgan fingerprint density at radius 3 is 3.21 bits per heavy atom. The van der Waals surface area contributed by atoms with Crippen molar-refractivity contribution in [3.05, 3.63) is 16.7 Å². The highest BCUT2D eigenvalue weighted by atomic mass is 16.5. The number of rotatable bonds is 5. The van der Waals surface area contributed by atoms with Crippen LogP contribution in [0.15, 0.2) is 11.1 Å². The number of nitrogens with one attached hydrogen (secondary N) is 2. The summed E-state index contributed by atoms with van der Waals surface area (Å²) in [6.07, 6.45) is 4.83. The van der Waals surface area contributed by atoms with Gasteiger partial charge in [-0.1, -0.05) is 6.92 Å². The minimum atomic E-state index is -0.226. The van der Waals surface area contributed by atoms with E-state index in [0.717, 1.165) is 32.5 Å². The maximum Gasteiger partial charge on any atom is 0.295 e. The molecule has 6 heteroatoms. The number of piperidine rings is 1. The predicted molar refractivity (Wildman–Crippen MR) is 74.9 cm³/mol. The molecule has 1 atom stereocenters. The summed E-state index contributed by atoms with van der Waals surface area (Å²) < 4.78 is 5.18. The predicted octanol–water partition coefficient (Wildman–Crippen LogP) is 0.747. The Kier molecular flexibility index (Phi) is 4.79. The van der Waals surface area contributed by atoms with Gasteiger partial charge in [-0.15, -0.1) is 0 Å². The van der Waals surface area contributed by atoms with Crippen molar-refractivity contribution in [3.63, 3.8) is 0 Å². The average Bonchev–Trinajstić information content (AvgIpc) is 2.45. The van der Waals surface area contributed by atoms with Crippen LogP contribution in [0.3, 0.4) is 0 Å². The van der Waals surface area contributed by atoms with Crippen molar-refractivity contribution in [1.82, 2.24) is 15.3 Å². The van der Waals surface area contributed by atoms with Crippen molar-refractivity contribution in [2.24, 2.45) is 0 Å². The van der Waals surface area contributed by atoms with Crippen molar-refractivity contribution in [2.45, 2.75) is 32.2 Å². The summed E-state index contributed by atoms with van der Waals surface area (Å²) in [7, 11) is 1.51. The first-order chi connectivity index (χ1) is 9.26. The third-order valence-corrected chi connectivity index (χ3v) is 3.40. The molecule has 0 aliphatic carbocycles. The SMILES string of the molecule is CCCNC1CCCN(c2nc[nH]c(=O)c2OC)C1. The van der Waals surface area contributed by atoms with Gasteiger partial charge in [-0.25, -0.2) is 4.98 Å². The summed E-state index contributed by atoms with van der Waals surface area (Å²) in [5.74, 6) is 0.952. The van der Waals surface area contributed by atoms with Crippen LogP contribution >= 0.6 is 0 Å². The number of ether oxygens (including phenoxy) is 1. The van der Waals surface area contributed by atoms with E-state index in [0.29, 0.717) is 17.6 Å². The van der Waals surface area contributed by atoms with E-state index in [-0.39, 0.29) is 5.56 Å². The third-order valence-electron chi connectivity index (χ3n) is 3.40. The Morgan fingerprint density at radius 1 is 1.63 bits per heavy atom. The molecule has 1 aliphatic heterocycles. The molecule has 0 radical (unpaired) electrons. The lowest BCUT2D eigenvalue weighted by Gasteiger charge is -2.34. The molecule has 0 bridgehead atoms. The molecule has 1 fully saturated rings. The third kappa shape index (κ3) is 3.26. The fourth-order valence-corrected chi connectivity index (χ4v) is 2.47.